The van der Waals surface area contributed by atoms with Crippen LogP contribution in [0.15, 0.2) is 4.52 Å². The number of hydrogen-bond acceptors (Lipinski definition) is 5. The summed E-state index contributed by atoms with van der Waals surface area (Å²) in [4.78, 5) is 13.1. The Morgan fingerprint density at radius 3 is 2.53 bits per heavy atom. The number of carbonyl (C=O) groups is 1. The minimum absolute atomic E-state index is 0.0561. The molecule has 1 saturated heterocycles. The normalized spacial score (nSPS) is 21.2. The highest BCUT2D eigenvalue weighted by atomic mass is 32.2. The summed E-state index contributed by atoms with van der Waals surface area (Å²) in [6.45, 7) is 3.43. The van der Waals surface area contributed by atoms with Crippen LogP contribution in [0.25, 0.3) is 0 Å². The van der Waals surface area contributed by atoms with E-state index in [0.717, 1.165) is 0 Å². The molecule has 94 valence electrons. The van der Waals surface area contributed by atoms with Gasteiger partial charge < -0.3 is 9.42 Å². The molecule has 2 rings (SSSR count). The van der Waals surface area contributed by atoms with Crippen LogP contribution >= 0.6 is 0 Å². The summed E-state index contributed by atoms with van der Waals surface area (Å²) in [5, 5.41) is 7.92. The van der Waals surface area contributed by atoms with Crippen LogP contribution in [0.4, 0.5) is 5.69 Å². The molecule has 0 saturated carbocycles. The summed E-state index contributed by atoms with van der Waals surface area (Å²) >= 11 is 0. The number of sulfonamides is 1. The van der Waals surface area contributed by atoms with Gasteiger partial charge in [0.1, 0.15) is 16.6 Å². The van der Waals surface area contributed by atoms with Crippen molar-refractivity contribution in [2.24, 2.45) is 5.14 Å². The first-order valence-electron chi connectivity index (χ1n) is 5.05. The number of nitrogens with zero attached hydrogens (tertiary/aromatic N) is 2. The van der Waals surface area contributed by atoms with Crippen LogP contribution in [0.1, 0.15) is 17.9 Å². The van der Waals surface area contributed by atoms with Crippen LogP contribution in [0.3, 0.4) is 0 Å². The number of nitrogens with two attached hydrogens (primary N) is 1. The predicted molar refractivity (Wildman–Crippen MR) is 59.8 cm³/mol. The molecule has 0 spiro atoms. The van der Waals surface area contributed by atoms with E-state index < -0.39 is 15.3 Å². The number of hydrogen-bond donors (Lipinski definition) is 1. The van der Waals surface area contributed by atoms with Gasteiger partial charge in [0, 0.05) is 13.0 Å². The molecule has 2 N–H and O–H groups in total. The molecule has 1 aromatic heterocycles. The molecule has 1 amide bonds. The van der Waals surface area contributed by atoms with E-state index in [2.05, 4.69) is 5.16 Å². The van der Waals surface area contributed by atoms with E-state index in [1.165, 1.54) is 4.90 Å². The highest BCUT2D eigenvalue weighted by Gasteiger charge is 2.39. The fourth-order valence-corrected chi connectivity index (χ4v) is 2.71. The zero-order chi connectivity index (χ0) is 12.8. The van der Waals surface area contributed by atoms with Crippen molar-refractivity contribution < 1.29 is 17.7 Å². The maximum absolute atomic E-state index is 11.8. The summed E-state index contributed by atoms with van der Waals surface area (Å²) in [5.74, 6) is 0.212. The lowest BCUT2D eigenvalue weighted by Crippen LogP contribution is -2.32. The van der Waals surface area contributed by atoms with E-state index in [1.54, 1.807) is 13.8 Å². The van der Waals surface area contributed by atoms with Crippen molar-refractivity contribution in [2.75, 3.05) is 11.4 Å². The van der Waals surface area contributed by atoms with Gasteiger partial charge in [0.2, 0.25) is 15.9 Å². The molecule has 2 heterocycles. The fourth-order valence-electron chi connectivity index (χ4n) is 1.97. The topological polar surface area (TPSA) is 106 Å². The summed E-state index contributed by atoms with van der Waals surface area (Å²) in [6.07, 6.45) is -0.0944. The third-order valence-electron chi connectivity index (χ3n) is 2.82. The minimum atomic E-state index is -3.70. The van der Waals surface area contributed by atoms with Crippen molar-refractivity contribution in [3.8, 4) is 0 Å². The van der Waals surface area contributed by atoms with Crippen LogP contribution in [-0.4, -0.2) is 31.3 Å². The van der Waals surface area contributed by atoms with Crippen LogP contribution < -0.4 is 10.0 Å². The molecule has 1 aromatic rings. The first kappa shape index (κ1) is 12.1. The van der Waals surface area contributed by atoms with Crippen molar-refractivity contribution in [2.45, 2.75) is 25.5 Å². The van der Waals surface area contributed by atoms with Crippen molar-refractivity contribution in [1.82, 2.24) is 5.16 Å². The van der Waals surface area contributed by atoms with Gasteiger partial charge in [-0.3, -0.25) is 4.79 Å². The molecule has 0 aromatic carbocycles. The number of primary sulfonamides is 1. The first-order chi connectivity index (χ1) is 7.80. The second-order valence-electron chi connectivity index (χ2n) is 4.09. The molecule has 1 aliphatic heterocycles. The summed E-state index contributed by atoms with van der Waals surface area (Å²) in [7, 11) is -3.70. The van der Waals surface area contributed by atoms with Gasteiger partial charge in [0.25, 0.3) is 0 Å². The molecule has 1 aliphatic rings. The quantitative estimate of drug-likeness (QED) is 0.783. The van der Waals surface area contributed by atoms with Gasteiger partial charge in [-0.05, 0) is 13.8 Å². The van der Waals surface area contributed by atoms with Crippen molar-refractivity contribution >= 4 is 21.6 Å². The first-order valence-corrected chi connectivity index (χ1v) is 6.66. The standard InChI is InChI=1S/C9H13N3O4S/c1-5-9(6(2)16-11-5)12-4-7(3-8(12)13)17(10,14)15/h7H,3-4H2,1-2H3,(H2,10,14,15). The average Bonchev–Trinajstić information content (AvgIpc) is 2.70. The number of anilines is 1. The second-order valence-corrected chi connectivity index (χ2v) is 5.94. The van der Waals surface area contributed by atoms with Gasteiger partial charge in [-0.25, -0.2) is 13.6 Å². The number of aryl methyl sites for hydroxylation is 2. The van der Waals surface area contributed by atoms with E-state index in [9.17, 15) is 13.2 Å². The Kier molecular flexibility index (Phi) is 2.70. The van der Waals surface area contributed by atoms with Gasteiger partial charge in [0.05, 0.1) is 0 Å². The lowest BCUT2D eigenvalue weighted by molar-refractivity contribution is -0.117. The molecular formula is C9H13N3O4S. The molecule has 17 heavy (non-hydrogen) atoms. The second kappa shape index (κ2) is 3.81. The third-order valence-corrected chi connectivity index (χ3v) is 4.06. The summed E-state index contributed by atoms with van der Waals surface area (Å²) < 4.78 is 27.4. The zero-order valence-corrected chi connectivity index (χ0v) is 10.3. The van der Waals surface area contributed by atoms with Crippen LogP contribution in [0, 0.1) is 13.8 Å². The third kappa shape index (κ3) is 2.05. The van der Waals surface area contributed by atoms with Crippen molar-refractivity contribution in [3.63, 3.8) is 0 Å². The number of amides is 1. The Hall–Kier alpha value is -1.41. The van der Waals surface area contributed by atoms with E-state index in [1.807, 2.05) is 0 Å². The molecule has 1 atom stereocenters. The number of aromatic nitrogens is 1. The summed E-state index contributed by atoms with van der Waals surface area (Å²) in [5.41, 5.74) is 1.10. The SMILES string of the molecule is Cc1noc(C)c1N1CC(S(N)(=O)=O)CC1=O. The lowest BCUT2D eigenvalue weighted by Gasteiger charge is -2.15. The van der Waals surface area contributed by atoms with E-state index in [0.29, 0.717) is 17.1 Å². The lowest BCUT2D eigenvalue weighted by atomic mass is 10.3. The molecule has 7 nitrogen and oxygen atoms in total. The minimum Gasteiger partial charge on any atom is -0.359 e. The monoisotopic (exact) mass is 259 g/mol. The molecule has 1 unspecified atom stereocenters. The maximum atomic E-state index is 11.8. The summed E-state index contributed by atoms with van der Waals surface area (Å²) in [6, 6.07) is 0. The van der Waals surface area contributed by atoms with Crippen LogP contribution in [0.2, 0.25) is 0 Å². The van der Waals surface area contributed by atoms with Gasteiger partial charge in [0.15, 0.2) is 5.76 Å². The smallest absolute Gasteiger partial charge is 0.228 e. The van der Waals surface area contributed by atoms with E-state index >= 15 is 0 Å². The van der Waals surface area contributed by atoms with Crippen LogP contribution in [-0.2, 0) is 14.8 Å². The van der Waals surface area contributed by atoms with Crippen molar-refractivity contribution in [1.29, 1.82) is 0 Å². The maximum Gasteiger partial charge on any atom is 0.228 e. The molecule has 1 fully saturated rings. The Labute approximate surface area is 98.6 Å². The fraction of sp³-hybridized carbons (Fsp3) is 0.556. The number of rotatable bonds is 2. The molecule has 0 radical (unpaired) electrons. The Morgan fingerprint density at radius 2 is 2.12 bits per heavy atom. The van der Waals surface area contributed by atoms with E-state index in [-0.39, 0.29) is 18.9 Å². The average molecular weight is 259 g/mol. The number of carbonyl (C=O) groups excluding carboxylic acids is 1. The Bertz CT molecular complexity index is 543. The Morgan fingerprint density at radius 1 is 1.47 bits per heavy atom. The molecule has 8 heteroatoms. The molecule has 0 aliphatic carbocycles. The van der Waals surface area contributed by atoms with Crippen LogP contribution in [0.5, 0.6) is 0 Å². The molecule has 0 bridgehead atoms. The Balaban J connectivity index is 2.34. The van der Waals surface area contributed by atoms with Gasteiger partial charge in [-0.15, -0.1) is 0 Å². The zero-order valence-electron chi connectivity index (χ0n) is 9.50. The van der Waals surface area contributed by atoms with Gasteiger partial charge >= 0.3 is 0 Å². The largest absolute Gasteiger partial charge is 0.359 e. The van der Waals surface area contributed by atoms with Gasteiger partial charge in [-0.2, -0.15) is 0 Å². The van der Waals surface area contributed by atoms with E-state index in [4.69, 9.17) is 9.66 Å². The molecular weight excluding hydrogens is 246 g/mol. The highest BCUT2D eigenvalue weighted by molar-refractivity contribution is 7.89. The van der Waals surface area contributed by atoms with Crippen molar-refractivity contribution in [3.05, 3.63) is 11.5 Å². The highest BCUT2D eigenvalue weighted by Crippen LogP contribution is 2.29. The predicted octanol–water partition coefficient (Wildman–Crippen LogP) is -0.315. The van der Waals surface area contributed by atoms with Gasteiger partial charge in [-0.1, -0.05) is 5.16 Å².